The largest absolute Gasteiger partial charge is 0.381 e. The van der Waals surface area contributed by atoms with Gasteiger partial charge in [0.15, 0.2) is 0 Å². The molecular weight excluding hydrogens is 293 g/mol. The summed E-state index contributed by atoms with van der Waals surface area (Å²) in [5, 5.41) is 0. The van der Waals surface area contributed by atoms with E-state index in [4.69, 9.17) is 4.74 Å². The summed E-state index contributed by atoms with van der Waals surface area (Å²) in [5.74, 6) is 0.205. The maximum Gasteiger partial charge on any atom is 0.123 e. The molecule has 0 aliphatic carbocycles. The van der Waals surface area contributed by atoms with E-state index in [2.05, 4.69) is 16.1 Å². The van der Waals surface area contributed by atoms with E-state index in [0.29, 0.717) is 5.92 Å². The number of likely N-dealkylation sites (tertiary alicyclic amines) is 1. The van der Waals surface area contributed by atoms with Crippen molar-refractivity contribution in [3.8, 4) is 0 Å². The third-order valence-electron chi connectivity index (χ3n) is 4.58. The highest BCUT2D eigenvalue weighted by atomic mass is 19.1. The van der Waals surface area contributed by atoms with Crippen molar-refractivity contribution in [2.45, 2.75) is 25.5 Å². The van der Waals surface area contributed by atoms with Crippen molar-refractivity contribution in [1.82, 2.24) is 14.5 Å². The van der Waals surface area contributed by atoms with E-state index in [0.717, 1.165) is 43.7 Å². The number of nitrogens with zero attached hydrogens (tertiary/aromatic N) is 3. The first-order valence-corrected chi connectivity index (χ1v) is 8.10. The first-order valence-electron chi connectivity index (χ1n) is 8.10. The highest BCUT2D eigenvalue weighted by Gasteiger charge is 2.29. The molecule has 0 amide bonds. The normalized spacial score (nSPS) is 22.4. The van der Waals surface area contributed by atoms with Crippen LogP contribution in [0.15, 0.2) is 36.8 Å². The van der Waals surface area contributed by atoms with Gasteiger partial charge in [0.1, 0.15) is 5.82 Å². The van der Waals surface area contributed by atoms with Crippen molar-refractivity contribution < 1.29 is 9.13 Å². The van der Waals surface area contributed by atoms with Crippen molar-refractivity contribution in [2.24, 2.45) is 13.0 Å². The van der Waals surface area contributed by atoms with Gasteiger partial charge >= 0.3 is 0 Å². The number of hydrogen-bond acceptors (Lipinski definition) is 3. The number of halogens is 1. The van der Waals surface area contributed by atoms with Crippen molar-refractivity contribution in [3.05, 3.63) is 53.9 Å². The van der Waals surface area contributed by atoms with Gasteiger partial charge in [-0.15, -0.1) is 0 Å². The van der Waals surface area contributed by atoms with Crippen molar-refractivity contribution in [2.75, 3.05) is 20.2 Å². The van der Waals surface area contributed by atoms with Gasteiger partial charge < -0.3 is 9.30 Å². The standard InChI is InChI=1S/C18H24FN3O/c1-21-11-17(20-13-21)12-22-7-6-18(23-2)15(10-22)8-14-4-3-5-16(19)9-14/h3-5,9,11,13,15,18H,6-8,10,12H2,1-2H3/t15-,18-/m1/s1. The van der Waals surface area contributed by atoms with Crippen LogP contribution in [0.4, 0.5) is 4.39 Å². The minimum absolute atomic E-state index is 0.169. The van der Waals surface area contributed by atoms with Crippen LogP contribution in [0.3, 0.4) is 0 Å². The summed E-state index contributed by atoms with van der Waals surface area (Å²) in [6.45, 7) is 2.82. The molecule has 1 saturated heterocycles. The molecule has 23 heavy (non-hydrogen) atoms. The van der Waals surface area contributed by atoms with Crippen LogP contribution in [0.5, 0.6) is 0 Å². The summed E-state index contributed by atoms with van der Waals surface area (Å²) in [6.07, 6.45) is 5.97. The zero-order valence-corrected chi connectivity index (χ0v) is 13.8. The van der Waals surface area contributed by atoms with Crippen LogP contribution >= 0.6 is 0 Å². The molecule has 124 valence electrons. The fourth-order valence-corrected chi connectivity index (χ4v) is 3.48. The molecule has 0 radical (unpaired) electrons. The number of methoxy groups -OCH3 is 1. The second-order valence-corrected chi connectivity index (χ2v) is 6.42. The van der Waals surface area contributed by atoms with Gasteiger partial charge in [-0.05, 0) is 30.5 Å². The molecule has 2 heterocycles. The minimum Gasteiger partial charge on any atom is -0.381 e. The third kappa shape index (κ3) is 4.18. The number of imidazole rings is 1. The Hall–Kier alpha value is -1.72. The average Bonchev–Trinajstić information content (AvgIpc) is 2.93. The lowest BCUT2D eigenvalue weighted by atomic mass is 9.88. The van der Waals surface area contributed by atoms with E-state index in [1.807, 2.05) is 24.0 Å². The van der Waals surface area contributed by atoms with Gasteiger partial charge in [0.05, 0.1) is 18.1 Å². The molecule has 2 atom stereocenters. The highest BCUT2D eigenvalue weighted by molar-refractivity contribution is 5.17. The molecule has 2 aromatic rings. The fraction of sp³-hybridized carbons (Fsp3) is 0.500. The summed E-state index contributed by atoms with van der Waals surface area (Å²) in [4.78, 5) is 6.83. The van der Waals surface area contributed by atoms with Crippen LogP contribution in [-0.2, 0) is 24.8 Å². The Kier molecular flexibility index (Phi) is 5.08. The molecule has 1 fully saturated rings. The van der Waals surface area contributed by atoms with E-state index in [1.54, 1.807) is 19.2 Å². The monoisotopic (exact) mass is 317 g/mol. The van der Waals surface area contributed by atoms with Crippen LogP contribution in [0.1, 0.15) is 17.7 Å². The summed E-state index contributed by atoms with van der Waals surface area (Å²) >= 11 is 0. The SMILES string of the molecule is CO[C@@H]1CCN(Cc2cn(C)cn2)C[C@H]1Cc1cccc(F)c1. The van der Waals surface area contributed by atoms with Gasteiger partial charge in [-0.3, -0.25) is 4.90 Å². The van der Waals surface area contributed by atoms with Gasteiger partial charge in [0, 0.05) is 45.9 Å². The molecular formula is C18H24FN3O. The lowest BCUT2D eigenvalue weighted by molar-refractivity contribution is -0.00877. The van der Waals surface area contributed by atoms with Gasteiger partial charge in [0.2, 0.25) is 0 Å². The maximum atomic E-state index is 13.4. The Labute approximate surface area is 136 Å². The number of hydrogen-bond donors (Lipinski definition) is 0. The van der Waals surface area contributed by atoms with E-state index in [9.17, 15) is 4.39 Å². The molecule has 1 aliphatic rings. The van der Waals surface area contributed by atoms with Gasteiger partial charge in [-0.2, -0.15) is 0 Å². The lowest BCUT2D eigenvalue weighted by Crippen LogP contribution is -2.44. The number of ether oxygens (including phenoxy) is 1. The van der Waals surface area contributed by atoms with Gasteiger partial charge in [-0.1, -0.05) is 12.1 Å². The van der Waals surface area contributed by atoms with Crippen molar-refractivity contribution >= 4 is 0 Å². The Bertz CT molecular complexity index is 643. The highest BCUT2D eigenvalue weighted by Crippen LogP contribution is 2.25. The van der Waals surface area contributed by atoms with Crippen LogP contribution in [-0.4, -0.2) is 40.8 Å². The molecule has 4 nitrogen and oxygen atoms in total. The zero-order chi connectivity index (χ0) is 16.2. The Morgan fingerprint density at radius 1 is 1.39 bits per heavy atom. The van der Waals surface area contributed by atoms with E-state index in [1.165, 1.54) is 6.07 Å². The molecule has 1 aliphatic heterocycles. The van der Waals surface area contributed by atoms with Crippen LogP contribution in [0.2, 0.25) is 0 Å². The second kappa shape index (κ2) is 7.23. The molecule has 0 N–H and O–H groups in total. The Morgan fingerprint density at radius 2 is 2.26 bits per heavy atom. The topological polar surface area (TPSA) is 30.3 Å². The van der Waals surface area contributed by atoms with Crippen LogP contribution in [0, 0.1) is 11.7 Å². The van der Waals surface area contributed by atoms with Crippen LogP contribution < -0.4 is 0 Å². The fourth-order valence-electron chi connectivity index (χ4n) is 3.48. The summed E-state index contributed by atoms with van der Waals surface area (Å²) in [5.41, 5.74) is 2.13. The number of piperidine rings is 1. The zero-order valence-electron chi connectivity index (χ0n) is 13.8. The van der Waals surface area contributed by atoms with E-state index < -0.39 is 0 Å². The van der Waals surface area contributed by atoms with E-state index >= 15 is 0 Å². The lowest BCUT2D eigenvalue weighted by Gasteiger charge is -2.37. The number of rotatable bonds is 5. The predicted octanol–water partition coefficient (Wildman–Crippen LogP) is 2.64. The molecule has 0 bridgehead atoms. The smallest absolute Gasteiger partial charge is 0.123 e. The summed E-state index contributed by atoms with van der Waals surface area (Å²) in [6, 6.07) is 6.89. The molecule has 1 aromatic heterocycles. The van der Waals surface area contributed by atoms with Crippen molar-refractivity contribution in [3.63, 3.8) is 0 Å². The molecule has 3 rings (SSSR count). The average molecular weight is 317 g/mol. The van der Waals surface area contributed by atoms with Crippen LogP contribution in [0.25, 0.3) is 0 Å². The van der Waals surface area contributed by atoms with E-state index in [-0.39, 0.29) is 11.9 Å². The number of aromatic nitrogens is 2. The Balaban J connectivity index is 1.66. The molecule has 0 spiro atoms. The second-order valence-electron chi connectivity index (χ2n) is 6.42. The first-order chi connectivity index (χ1) is 11.1. The number of benzene rings is 1. The molecule has 0 saturated carbocycles. The predicted molar refractivity (Wildman–Crippen MR) is 87.5 cm³/mol. The third-order valence-corrected chi connectivity index (χ3v) is 4.58. The molecule has 1 aromatic carbocycles. The van der Waals surface area contributed by atoms with Gasteiger partial charge in [-0.25, -0.2) is 9.37 Å². The Morgan fingerprint density at radius 3 is 2.96 bits per heavy atom. The molecule has 5 heteroatoms. The number of aryl methyl sites for hydroxylation is 1. The molecule has 0 unspecified atom stereocenters. The van der Waals surface area contributed by atoms with Crippen molar-refractivity contribution in [1.29, 1.82) is 0 Å². The summed E-state index contributed by atoms with van der Waals surface area (Å²) < 4.78 is 21.1. The van der Waals surface area contributed by atoms with Gasteiger partial charge in [0.25, 0.3) is 0 Å². The summed E-state index contributed by atoms with van der Waals surface area (Å²) in [7, 11) is 3.76. The quantitative estimate of drug-likeness (QED) is 0.849. The minimum atomic E-state index is -0.169. The first kappa shape index (κ1) is 16.1. The maximum absolute atomic E-state index is 13.4.